The molecule has 0 atom stereocenters. The molecule has 5 nitrogen and oxygen atoms in total. The number of halogens is 4. The summed E-state index contributed by atoms with van der Waals surface area (Å²) in [6.45, 7) is 4.69. The Bertz CT molecular complexity index is 826. The van der Waals surface area contributed by atoms with Crippen molar-refractivity contribution in [1.82, 2.24) is 19.6 Å². The first kappa shape index (κ1) is 20.3. The lowest BCUT2D eigenvalue weighted by Gasteiger charge is -2.34. The summed E-state index contributed by atoms with van der Waals surface area (Å²) in [6.07, 6.45) is -4.39. The molecule has 1 aliphatic heterocycles. The average molecular weight is 398 g/mol. The fourth-order valence-corrected chi connectivity index (χ4v) is 3.28. The first-order chi connectivity index (χ1) is 13.2. The third-order valence-corrected chi connectivity index (χ3v) is 4.83. The van der Waals surface area contributed by atoms with Crippen LogP contribution in [0.1, 0.15) is 23.4 Å². The number of carbonyl (C=O) groups is 1. The van der Waals surface area contributed by atoms with E-state index in [9.17, 15) is 22.4 Å². The highest BCUT2D eigenvalue weighted by Gasteiger charge is 2.34. The minimum absolute atomic E-state index is 0.101. The Hall–Kier alpha value is -2.42. The van der Waals surface area contributed by atoms with E-state index in [1.54, 1.807) is 11.0 Å². The van der Waals surface area contributed by atoms with Gasteiger partial charge in [0.2, 0.25) is 5.91 Å². The summed E-state index contributed by atoms with van der Waals surface area (Å²) in [5.74, 6) is -0.372. The van der Waals surface area contributed by atoms with E-state index in [0.717, 1.165) is 11.6 Å². The molecule has 1 saturated heterocycles. The molecular weight excluding hydrogens is 376 g/mol. The van der Waals surface area contributed by atoms with Crippen LogP contribution in [0.15, 0.2) is 30.3 Å². The van der Waals surface area contributed by atoms with Crippen LogP contribution in [0.3, 0.4) is 0 Å². The molecule has 0 bridgehead atoms. The standard InChI is InChI=1S/C19H22F4N4O/c1-14-11-17(19(21,22)23)24-27(14)6-5-18(28)26-9-7-25(8-10-26)13-15-3-2-4-16(20)12-15/h2-4,11-12H,5-10,13H2,1H3. The maximum Gasteiger partial charge on any atom is 0.435 e. The van der Waals surface area contributed by atoms with Crippen LogP contribution in [-0.2, 0) is 24.1 Å². The summed E-state index contributed by atoms with van der Waals surface area (Å²) < 4.78 is 52.6. The van der Waals surface area contributed by atoms with Gasteiger partial charge in [-0.2, -0.15) is 18.3 Å². The first-order valence-electron chi connectivity index (χ1n) is 9.08. The van der Waals surface area contributed by atoms with Crippen molar-refractivity contribution in [3.63, 3.8) is 0 Å². The van der Waals surface area contributed by atoms with Crippen molar-refractivity contribution < 1.29 is 22.4 Å². The number of piperazine rings is 1. The second-order valence-corrected chi connectivity index (χ2v) is 6.93. The zero-order valence-corrected chi connectivity index (χ0v) is 15.5. The molecule has 0 unspecified atom stereocenters. The van der Waals surface area contributed by atoms with Crippen LogP contribution >= 0.6 is 0 Å². The lowest BCUT2D eigenvalue weighted by molar-refractivity contribution is -0.141. The average Bonchev–Trinajstić information content (AvgIpc) is 3.01. The number of aryl methyl sites for hydroxylation is 2. The molecule has 2 heterocycles. The monoisotopic (exact) mass is 398 g/mol. The number of hydrogen-bond acceptors (Lipinski definition) is 3. The summed E-state index contributed by atoms with van der Waals surface area (Å²) in [4.78, 5) is 16.2. The molecule has 152 valence electrons. The van der Waals surface area contributed by atoms with E-state index in [4.69, 9.17) is 0 Å². The summed E-state index contributed by atoms with van der Waals surface area (Å²) in [5.41, 5.74) is 0.317. The van der Waals surface area contributed by atoms with Gasteiger partial charge >= 0.3 is 6.18 Å². The number of hydrogen-bond donors (Lipinski definition) is 0. The molecule has 0 aliphatic carbocycles. The van der Waals surface area contributed by atoms with Crippen molar-refractivity contribution in [2.45, 2.75) is 32.6 Å². The lowest BCUT2D eigenvalue weighted by atomic mass is 10.2. The van der Waals surface area contributed by atoms with Gasteiger partial charge < -0.3 is 4.90 Å². The highest BCUT2D eigenvalue weighted by Crippen LogP contribution is 2.28. The van der Waals surface area contributed by atoms with Gasteiger partial charge in [-0.25, -0.2) is 4.39 Å². The molecule has 0 N–H and O–H groups in total. The summed E-state index contributed by atoms with van der Waals surface area (Å²) >= 11 is 0. The van der Waals surface area contributed by atoms with E-state index in [2.05, 4.69) is 10.00 Å². The molecule has 1 aromatic carbocycles. The molecule has 0 saturated carbocycles. The Labute approximate surface area is 160 Å². The van der Waals surface area contributed by atoms with Gasteiger partial charge in [0.05, 0.1) is 0 Å². The Morgan fingerprint density at radius 3 is 2.46 bits per heavy atom. The molecule has 0 radical (unpaired) electrons. The SMILES string of the molecule is Cc1cc(C(F)(F)F)nn1CCC(=O)N1CCN(Cc2cccc(F)c2)CC1. The number of nitrogens with zero attached hydrogens (tertiary/aromatic N) is 4. The van der Waals surface area contributed by atoms with Gasteiger partial charge in [0.1, 0.15) is 5.82 Å². The predicted molar refractivity (Wildman–Crippen MR) is 94.8 cm³/mol. The number of benzene rings is 1. The zero-order chi connectivity index (χ0) is 20.3. The van der Waals surface area contributed by atoms with Crippen LogP contribution in [0.5, 0.6) is 0 Å². The molecule has 1 amide bonds. The van der Waals surface area contributed by atoms with Gasteiger partial charge in [-0.05, 0) is 30.7 Å². The van der Waals surface area contributed by atoms with Crippen LogP contribution < -0.4 is 0 Å². The van der Waals surface area contributed by atoms with Crippen molar-refractivity contribution in [3.8, 4) is 0 Å². The molecule has 28 heavy (non-hydrogen) atoms. The lowest BCUT2D eigenvalue weighted by Crippen LogP contribution is -2.48. The first-order valence-corrected chi connectivity index (χ1v) is 9.08. The number of alkyl halides is 3. The second kappa shape index (κ2) is 8.30. The van der Waals surface area contributed by atoms with Crippen molar-refractivity contribution in [1.29, 1.82) is 0 Å². The molecule has 0 spiro atoms. The molecule has 1 fully saturated rings. The number of amides is 1. The van der Waals surface area contributed by atoms with E-state index in [1.165, 1.54) is 23.7 Å². The molecule has 3 rings (SSSR count). The highest BCUT2D eigenvalue weighted by molar-refractivity contribution is 5.76. The fourth-order valence-electron chi connectivity index (χ4n) is 3.28. The van der Waals surface area contributed by atoms with Crippen molar-refractivity contribution >= 4 is 5.91 Å². The van der Waals surface area contributed by atoms with Gasteiger partial charge in [-0.15, -0.1) is 0 Å². The maximum absolute atomic E-state index is 13.3. The Morgan fingerprint density at radius 1 is 1.14 bits per heavy atom. The number of aromatic nitrogens is 2. The number of rotatable bonds is 5. The topological polar surface area (TPSA) is 41.4 Å². The molecule has 1 aromatic heterocycles. The van der Waals surface area contributed by atoms with E-state index < -0.39 is 11.9 Å². The Morgan fingerprint density at radius 2 is 1.86 bits per heavy atom. The van der Waals surface area contributed by atoms with Crippen LogP contribution in [0.25, 0.3) is 0 Å². The van der Waals surface area contributed by atoms with Gasteiger partial charge in [0, 0.05) is 51.4 Å². The Balaban J connectivity index is 1.47. The fraction of sp³-hybridized carbons (Fsp3) is 0.474. The summed E-state index contributed by atoms with van der Waals surface area (Å²) in [6, 6.07) is 7.42. The minimum Gasteiger partial charge on any atom is -0.340 e. The maximum atomic E-state index is 13.3. The Kier molecular flexibility index (Phi) is 6.02. The van der Waals surface area contributed by atoms with Crippen molar-refractivity contribution in [2.24, 2.45) is 0 Å². The third kappa shape index (κ3) is 5.09. The van der Waals surface area contributed by atoms with E-state index in [1.807, 2.05) is 6.07 Å². The molecular formula is C19H22F4N4O. The van der Waals surface area contributed by atoms with Gasteiger partial charge in [0.15, 0.2) is 5.69 Å². The summed E-state index contributed by atoms with van der Waals surface area (Å²) in [7, 11) is 0. The largest absolute Gasteiger partial charge is 0.435 e. The third-order valence-electron chi connectivity index (χ3n) is 4.83. The van der Waals surface area contributed by atoms with Crippen molar-refractivity contribution in [2.75, 3.05) is 26.2 Å². The normalized spacial score (nSPS) is 15.8. The minimum atomic E-state index is -4.49. The van der Waals surface area contributed by atoms with Crippen LogP contribution in [0.4, 0.5) is 17.6 Å². The van der Waals surface area contributed by atoms with Gasteiger partial charge in [-0.1, -0.05) is 12.1 Å². The zero-order valence-electron chi connectivity index (χ0n) is 15.5. The summed E-state index contributed by atoms with van der Waals surface area (Å²) in [5, 5.41) is 3.55. The van der Waals surface area contributed by atoms with Crippen LogP contribution in [0.2, 0.25) is 0 Å². The second-order valence-electron chi connectivity index (χ2n) is 6.93. The predicted octanol–water partition coefficient (Wildman–Crippen LogP) is 3.08. The smallest absolute Gasteiger partial charge is 0.340 e. The molecule has 1 aliphatic rings. The number of carbonyl (C=O) groups excluding carboxylic acids is 1. The van der Waals surface area contributed by atoms with E-state index >= 15 is 0 Å². The van der Waals surface area contributed by atoms with Crippen LogP contribution in [0, 0.1) is 12.7 Å². The van der Waals surface area contributed by atoms with Crippen LogP contribution in [-0.4, -0.2) is 51.7 Å². The van der Waals surface area contributed by atoms with E-state index in [0.29, 0.717) is 38.4 Å². The molecule has 9 heteroatoms. The van der Waals surface area contributed by atoms with Crippen molar-refractivity contribution in [3.05, 3.63) is 53.1 Å². The quantitative estimate of drug-likeness (QED) is 0.727. The highest BCUT2D eigenvalue weighted by atomic mass is 19.4. The molecule has 2 aromatic rings. The van der Waals surface area contributed by atoms with Gasteiger partial charge in [0.25, 0.3) is 0 Å². The van der Waals surface area contributed by atoms with Gasteiger partial charge in [-0.3, -0.25) is 14.4 Å². The van der Waals surface area contributed by atoms with E-state index in [-0.39, 0.29) is 24.7 Å².